The third kappa shape index (κ3) is 1.99. The Morgan fingerprint density at radius 2 is 2.00 bits per heavy atom. The number of hydrogen-bond acceptors (Lipinski definition) is 4. The van der Waals surface area contributed by atoms with E-state index < -0.39 is 5.97 Å². The molecule has 0 saturated carbocycles. The number of carboxylic acid groups (broad SMARTS) is 1. The zero-order valence-electron chi connectivity index (χ0n) is 7.53. The first-order valence-electron chi connectivity index (χ1n) is 4.12. The van der Waals surface area contributed by atoms with E-state index in [4.69, 9.17) is 5.11 Å². The zero-order valence-corrected chi connectivity index (χ0v) is 8.43. The molecule has 0 fully saturated rings. The van der Waals surface area contributed by atoms with E-state index in [1.807, 2.05) is 0 Å². The van der Waals surface area contributed by atoms with Crippen LogP contribution in [0.25, 0.3) is 5.69 Å². The van der Waals surface area contributed by atoms with E-state index in [1.54, 1.807) is 24.3 Å². The lowest BCUT2D eigenvalue weighted by atomic mass is 10.3. The van der Waals surface area contributed by atoms with Gasteiger partial charge >= 0.3 is 5.97 Å². The molecule has 0 unspecified atom stereocenters. The van der Waals surface area contributed by atoms with E-state index in [9.17, 15) is 4.79 Å². The lowest BCUT2D eigenvalue weighted by molar-refractivity contribution is 0.0690. The van der Waals surface area contributed by atoms with Crippen molar-refractivity contribution in [2.24, 2.45) is 0 Å². The molecule has 1 N–H and O–H groups in total. The highest BCUT2D eigenvalue weighted by molar-refractivity contribution is 7.80. The van der Waals surface area contributed by atoms with Crippen molar-refractivity contribution in [3.63, 3.8) is 0 Å². The normalized spacial score (nSPS) is 10.2. The third-order valence-corrected chi connectivity index (χ3v) is 2.09. The molecule has 2 rings (SSSR count). The Hall–Kier alpha value is -1.82. The van der Waals surface area contributed by atoms with Gasteiger partial charge in [0.2, 0.25) is 0 Å². The average molecular weight is 221 g/mol. The summed E-state index contributed by atoms with van der Waals surface area (Å²) in [5, 5.41) is 16.3. The van der Waals surface area contributed by atoms with Crippen LogP contribution in [0.15, 0.2) is 35.4 Å². The summed E-state index contributed by atoms with van der Waals surface area (Å²) in [4.78, 5) is 12.7. The second kappa shape index (κ2) is 3.74. The number of carboxylic acids is 1. The van der Waals surface area contributed by atoms with E-state index in [0.29, 0.717) is 5.69 Å². The molecule has 5 nitrogen and oxygen atoms in total. The molecule has 0 atom stereocenters. The largest absolute Gasteiger partial charge is 0.476 e. The molecule has 1 aromatic heterocycles. The van der Waals surface area contributed by atoms with E-state index in [-0.39, 0.29) is 5.69 Å². The Morgan fingerprint density at radius 1 is 1.33 bits per heavy atom. The van der Waals surface area contributed by atoms with Gasteiger partial charge in [-0.3, -0.25) is 0 Å². The molecule has 0 saturated heterocycles. The average Bonchev–Trinajstić information content (AvgIpc) is 2.68. The van der Waals surface area contributed by atoms with E-state index in [0.717, 1.165) is 4.90 Å². The molecule has 0 bridgehead atoms. The van der Waals surface area contributed by atoms with Crippen molar-refractivity contribution in [2.75, 3.05) is 0 Å². The van der Waals surface area contributed by atoms with Gasteiger partial charge in [-0.15, -0.1) is 17.7 Å². The van der Waals surface area contributed by atoms with Crippen molar-refractivity contribution in [1.29, 1.82) is 0 Å². The number of aromatic carboxylic acids is 1. The molecule has 0 spiro atoms. The van der Waals surface area contributed by atoms with E-state index >= 15 is 0 Å². The molecule has 0 aliphatic heterocycles. The van der Waals surface area contributed by atoms with E-state index in [1.165, 1.54) is 11.0 Å². The van der Waals surface area contributed by atoms with Crippen LogP contribution < -0.4 is 0 Å². The summed E-state index contributed by atoms with van der Waals surface area (Å²) in [6.45, 7) is 0. The highest BCUT2D eigenvalue weighted by atomic mass is 32.1. The predicted molar refractivity (Wildman–Crippen MR) is 55.6 cm³/mol. The number of hydrogen-bond donors (Lipinski definition) is 2. The number of thiol groups is 1. The number of carbonyl (C=O) groups is 1. The van der Waals surface area contributed by atoms with Crippen molar-refractivity contribution in [3.05, 3.63) is 36.2 Å². The summed E-state index contributed by atoms with van der Waals surface area (Å²) in [5.74, 6) is -1.09. The molecule has 15 heavy (non-hydrogen) atoms. The molecule has 76 valence electrons. The van der Waals surface area contributed by atoms with Crippen LogP contribution in [-0.2, 0) is 0 Å². The van der Waals surface area contributed by atoms with Gasteiger partial charge in [0, 0.05) is 4.90 Å². The zero-order chi connectivity index (χ0) is 10.8. The van der Waals surface area contributed by atoms with Crippen LogP contribution in [0, 0.1) is 0 Å². The van der Waals surface area contributed by atoms with Crippen molar-refractivity contribution >= 4 is 18.6 Å². The molecule has 1 aromatic carbocycles. The highest BCUT2D eigenvalue weighted by Crippen LogP contribution is 2.10. The van der Waals surface area contributed by atoms with Gasteiger partial charge in [-0.1, -0.05) is 0 Å². The first-order chi connectivity index (χ1) is 7.16. The van der Waals surface area contributed by atoms with Gasteiger partial charge in [0.1, 0.15) is 0 Å². The minimum absolute atomic E-state index is 0.0787. The monoisotopic (exact) mass is 221 g/mol. The lowest BCUT2D eigenvalue weighted by Gasteiger charge is -1.98. The van der Waals surface area contributed by atoms with Gasteiger partial charge in [0.05, 0.1) is 11.9 Å². The second-order valence-corrected chi connectivity index (χ2v) is 3.36. The minimum Gasteiger partial charge on any atom is -0.476 e. The predicted octanol–water partition coefficient (Wildman–Crippen LogP) is 1.25. The number of aromatic nitrogens is 3. The summed E-state index contributed by atoms with van der Waals surface area (Å²) in [6, 6.07) is 7.08. The van der Waals surface area contributed by atoms with Gasteiger partial charge in [0.15, 0.2) is 5.69 Å². The van der Waals surface area contributed by atoms with Crippen LogP contribution in [0.3, 0.4) is 0 Å². The molecule has 2 aromatic rings. The summed E-state index contributed by atoms with van der Waals surface area (Å²) in [5.41, 5.74) is 0.616. The van der Waals surface area contributed by atoms with Crippen molar-refractivity contribution in [3.8, 4) is 5.69 Å². The lowest BCUT2D eigenvalue weighted by Crippen LogP contribution is -2.01. The van der Waals surface area contributed by atoms with Gasteiger partial charge in [-0.25, -0.2) is 4.79 Å². The molecular formula is C9H7N3O2S. The Labute approximate surface area is 90.8 Å². The highest BCUT2D eigenvalue weighted by Gasteiger charge is 2.08. The summed E-state index contributed by atoms with van der Waals surface area (Å²) in [7, 11) is 0. The molecule has 0 aliphatic rings. The van der Waals surface area contributed by atoms with Crippen molar-refractivity contribution < 1.29 is 9.90 Å². The maximum atomic E-state index is 10.6. The maximum Gasteiger partial charge on any atom is 0.358 e. The number of benzene rings is 1. The van der Waals surface area contributed by atoms with Crippen LogP contribution in [0.1, 0.15) is 10.5 Å². The third-order valence-electron chi connectivity index (χ3n) is 1.79. The molecular weight excluding hydrogens is 214 g/mol. The molecule has 0 amide bonds. The standard InChI is InChI=1S/C9H7N3O2S/c13-9(14)8-5-10-12(11-8)6-1-3-7(15)4-2-6/h1-5,15H,(H,13,14). The van der Waals surface area contributed by atoms with Crippen LogP contribution in [0.5, 0.6) is 0 Å². The summed E-state index contributed by atoms with van der Waals surface area (Å²) >= 11 is 4.14. The fourth-order valence-corrected chi connectivity index (χ4v) is 1.22. The molecule has 0 radical (unpaired) electrons. The molecule has 1 heterocycles. The van der Waals surface area contributed by atoms with Gasteiger partial charge in [-0.05, 0) is 24.3 Å². The smallest absolute Gasteiger partial charge is 0.358 e. The van der Waals surface area contributed by atoms with Crippen LogP contribution in [0.4, 0.5) is 0 Å². The van der Waals surface area contributed by atoms with E-state index in [2.05, 4.69) is 22.8 Å². The SMILES string of the molecule is O=C(O)c1cnn(-c2ccc(S)cc2)n1. The summed E-state index contributed by atoms with van der Waals surface area (Å²) < 4.78 is 0. The summed E-state index contributed by atoms with van der Waals surface area (Å²) in [6.07, 6.45) is 1.21. The van der Waals surface area contributed by atoms with Crippen LogP contribution >= 0.6 is 12.6 Å². The quantitative estimate of drug-likeness (QED) is 0.749. The minimum atomic E-state index is -1.09. The fourth-order valence-electron chi connectivity index (χ4n) is 1.07. The fraction of sp³-hybridized carbons (Fsp3) is 0. The van der Waals surface area contributed by atoms with Crippen molar-refractivity contribution in [1.82, 2.24) is 15.0 Å². The van der Waals surface area contributed by atoms with Crippen molar-refractivity contribution in [2.45, 2.75) is 4.90 Å². The Balaban J connectivity index is 2.37. The van der Waals surface area contributed by atoms with Crippen LogP contribution in [0.2, 0.25) is 0 Å². The Morgan fingerprint density at radius 3 is 2.53 bits per heavy atom. The molecule has 0 aliphatic carbocycles. The number of nitrogens with zero attached hydrogens (tertiary/aromatic N) is 3. The van der Waals surface area contributed by atoms with Gasteiger partial charge in [0.25, 0.3) is 0 Å². The number of rotatable bonds is 2. The molecule has 6 heteroatoms. The van der Waals surface area contributed by atoms with Gasteiger partial charge in [-0.2, -0.15) is 9.90 Å². The second-order valence-electron chi connectivity index (χ2n) is 2.84. The first-order valence-corrected chi connectivity index (χ1v) is 4.56. The first kappa shape index (κ1) is 9.72. The Kier molecular flexibility index (Phi) is 2.42. The maximum absolute atomic E-state index is 10.6. The van der Waals surface area contributed by atoms with Crippen LogP contribution in [-0.4, -0.2) is 26.1 Å². The van der Waals surface area contributed by atoms with Gasteiger partial charge < -0.3 is 5.11 Å². The topological polar surface area (TPSA) is 68.0 Å². The Bertz CT molecular complexity index is 492.